The summed E-state index contributed by atoms with van der Waals surface area (Å²) >= 11 is 0. The van der Waals surface area contributed by atoms with Gasteiger partial charge < -0.3 is 10.6 Å². The van der Waals surface area contributed by atoms with Crippen LogP contribution in [0.3, 0.4) is 0 Å². The first kappa shape index (κ1) is 21.6. The van der Waals surface area contributed by atoms with E-state index in [2.05, 4.69) is 5.32 Å². The summed E-state index contributed by atoms with van der Waals surface area (Å²) in [4.78, 5) is 36.2. The van der Waals surface area contributed by atoms with Gasteiger partial charge in [-0.3, -0.25) is 24.6 Å². The summed E-state index contributed by atoms with van der Waals surface area (Å²) in [6, 6.07) is 3.64. The molecule has 0 aromatic heterocycles. The molecule has 1 fully saturated rings. The molecule has 0 aliphatic carbocycles. The Morgan fingerprint density at radius 2 is 2.07 bits per heavy atom. The Bertz CT molecular complexity index is 754. The molecule has 0 spiro atoms. The number of benzene rings is 1. The number of nitrogens with zero attached hydrogens (tertiary/aromatic N) is 2. The van der Waals surface area contributed by atoms with Gasteiger partial charge in [-0.25, -0.2) is 0 Å². The van der Waals surface area contributed by atoms with Crippen molar-refractivity contribution >= 4 is 23.2 Å². The zero-order chi connectivity index (χ0) is 20.9. The van der Waals surface area contributed by atoms with Gasteiger partial charge >= 0.3 is 6.18 Å². The quantitative estimate of drug-likeness (QED) is 0.538. The summed E-state index contributed by atoms with van der Waals surface area (Å²) in [5.41, 5.74) is 0.533. The number of nitro benzene ring substituents is 1. The second-order valence-corrected chi connectivity index (χ2v) is 6.53. The molecule has 0 radical (unpaired) electrons. The summed E-state index contributed by atoms with van der Waals surface area (Å²) in [7, 11) is 0. The van der Waals surface area contributed by atoms with Gasteiger partial charge in [-0.1, -0.05) is 6.07 Å². The predicted molar refractivity (Wildman–Crippen MR) is 94.7 cm³/mol. The molecular weight excluding hydrogens is 381 g/mol. The Balaban J connectivity index is 1.89. The Kier molecular flexibility index (Phi) is 6.95. The fourth-order valence-corrected chi connectivity index (χ4v) is 3.11. The van der Waals surface area contributed by atoms with E-state index in [-0.39, 0.29) is 18.7 Å². The minimum absolute atomic E-state index is 0.00514. The maximum Gasteiger partial charge on any atom is 0.405 e. The fourth-order valence-electron chi connectivity index (χ4n) is 3.11. The van der Waals surface area contributed by atoms with Crippen LogP contribution < -0.4 is 10.6 Å². The fraction of sp³-hybridized carbons (Fsp3) is 0.529. The number of carbonyl (C=O) groups excluding carboxylic acids is 2. The van der Waals surface area contributed by atoms with Crippen molar-refractivity contribution in [1.29, 1.82) is 0 Å². The number of hydrogen-bond acceptors (Lipinski definition) is 5. The highest BCUT2D eigenvalue weighted by Crippen LogP contribution is 2.25. The molecule has 1 aliphatic heterocycles. The lowest BCUT2D eigenvalue weighted by molar-refractivity contribution is -0.385. The number of alkyl halides is 3. The molecule has 1 aliphatic rings. The number of anilines is 1. The Morgan fingerprint density at radius 3 is 2.71 bits per heavy atom. The van der Waals surface area contributed by atoms with Gasteiger partial charge in [-0.05, 0) is 32.4 Å². The maximum atomic E-state index is 12.2. The van der Waals surface area contributed by atoms with Crippen molar-refractivity contribution in [2.45, 2.75) is 38.4 Å². The molecule has 1 aromatic rings. The van der Waals surface area contributed by atoms with Gasteiger partial charge in [0.15, 0.2) is 0 Å². The zero-order valence-electron chi connectivity index (χ0n) is 15.2. The average molecular weight is 402 g/mol. The molecule has 2 rings (SSSR count). The van der Waals surface area contributed by atoms with Crippen LogP contribution in [0.15, 0.2) is 18.2 Å². The molecule has 154 valence electrons. The van der Waals surface area contributed by atoms with Crippen molar-refractivity contribution < 1.29 is 27.7 Å². The smallest absolute Gasteiger partial charge is 0.346 e. The normalized spacial score (nSPS) is 17.4. The van der Waals surface area contributed by atoms with E-state index in [9.17, 15) is 32.9 Å². The molecule has 1 unspecified atom stereocenters. The number of nitro groups is 1. The number of rotatable bonds is 7. The number of halogens is 3. The molecule has 1 saturated heterocycles. The van der Waals surface area contributed by atoms with E-state index in [1.807, 2.05) is 5.32 Å². The standard InChI is InChI=1S/C17H21F3N4O4/c1-11-12(4-2-5-13(11)24(27)28)22-15(25)7-9-23-8-3-6-14(23)16(26)21-10-17(18,19)20/h2,4-5,14H,3,6-10H2,1H3,(H,21,26)(H,22,25). The minimum atomic E-state index is -4.48. The van der Waals surface area contributed by atoms with Crippen molar-refractivity contribution in [3.05, 3.63) is 33.9 Å². The molecule has 1 aromatic carbocycles. The van der Waals surface area contributed by atoms with E-state index in [1.54, 1.807) is 11.0 Å². The third-order valence-corrected chi connectivity index (χ3v) is 4.53. The van der Waals surface area contributed by atoms with Gasteiger partial charge in [0.2, 0.25) is 11.8 Å². The highest BCUT2D eigenvalue weighted by atomic mass is 19.4. The maximum absolute atomic E-state index is 12.2. The molecule has 2 N–H and O–H groups in total. The second kappa shape index (κ2) is 9.00. The van der Waals surface area contributed by atoms with Gasteiger partial charge in [0.25, 0.3) is 5.69 Å². The monoisotopic (exact) mass is 402 g/mol. The first-order valence-corrected chi connectivity index (χ1v) is 8.71. The van der Waals surface area contributed by atoms with E-state index in [0.29, 0.717) is 30.6 Å². The lowest BCUT2D eigenvalue weighted by atomic mass is 10.1. The molecule has 1 atom stereocenters. The van der Waals surface area contributed by atoms with Gasteiger partial charge in [0.05, 0.1) is 22.2 Å². The molecular formula is C17H21F3N4O4. The Hall–Kier alpha value is -2.69. The summed E-state index contributed by atoms with van der Waals surface area (Å²) in [6.07, 6.45) is -3.40. The predicted octanol–water partition coefficient (Wildman–Crippen LogP) is 2.37. The Morgan fingerprint density at radius 1 is 1.36 bits per heavy atom. The molecule has 0 bridgehead atoms. The van der Waals surface area contributed by atoms with Crippen LogP contribution in [0.2, 0.25) is 0 Å². The van der Waals surface area contributed by atoms with E-state index >= 15 is 0 Å². The summed E-state index contributed by atoms with van der Waals surface area (Å²) < 4.78 is 36.7. The summed E-state index contributed by atoms with van der Waals surface area (Å²) in [5.74, 6) is -1.10. The lowest BCUT2D eigenvalue weighted by Gasteiger charge is -2.23. The SMILES string of the molecule is Cc1c(NC(=O)CCN2CCCC2C(=O)NCC(F)(F)F)cccc1[N+](=O)[O-]. The number of nitrogens with one attached hydrogen (secondary N) is 2. The number of hydrogen-bond donors (Lipinski definition) is 2. The second-order valence-electron chi connectivity index (χ2n) is 6.53. The number of amides is 2. The highest BCUT2D eigenvalue weighted by Gasteiger charge is 2.34. The molecule has 2 amide bonds. The molecule has 8 nitrogen and oxygen atoms in total. The van der Waals surface area contributed by atoms with Crippen LogP contribution in [0.4, 0.5) is 24.5 Å². The minimum Gasteiger partial charge on any atom is -0.346 e. The van der Waals surface area contributed by atoms with Crippen LogP contribution in [-0.4, -0.2) is 53.5 Å². The zero-order valence-corrected chi connectivity index (χ0v) is 15.2. The van der Waals surface area contributed by atoms with Crippen molar-refractivity contribution in [1.82, 2.24) is 10.2 Å². The third-order valence-electron chi connectivity index (χ3n) is 4.53. The van der Waals surface area contributed by atoms with Crippen LogP contribution in [0.25, 0.3) is 0 Å². The summed E-state index contributed by atoms with van der Waals surface area (Å²) in [6.45, 7) is 0.842. The van der Waals surface area contributed by atoms with E-state index < -0.39 is 35.5 Å². The van der Waals surface area contributed by atoms with Crippen molar-refractivity contribution in [2.24, 2.45) is 0 Å². The van der Waals surface area contributed by atoms with Crippen molar-refractivity contribution in [2.75, 3.05) is 25.0 Å². The highest BCUT2D eigenvalue weighted by molar-refractivity contribution is 5.92. The number of likely N-dealkylation sites (tertiary alicyclic amines) is 1. The van der Waals surface area contributed by atoms with Crippen LogP contribution in [-0.2, 0) is 9.59 Å². The summed E-state index contributed by atoms with van der Waals surface area (Å²) in [5, 5.41) is 15.4. The average Bonchev–Trinajstić information content (AvgIpc) is 3.07. The first-order valence-electron chi connectivity index (χ1n) is 8.71. The largest absolute Gasteiger partial charge is 0.405 e. The molecule has 11 heteroatoms. The molecule has 0 saturated carbocycles. The van der Waals surface area contributed by atoms with Gasteiger partial charge in [-0.15, -0.1) is 0 Å². The van der Waals surface area contributed by atoms with Crippen LogP contribution >= 0.6 is 0 Å². The van der Waals surface area contributed by atoms with Crippen molar-refractivity contribution in [3.63, 3.8) is 0 Å². The van der Waals surface area contributed by atoms with Crippen LogP contribution in [0, 0.1) is 17.0 Å². The van der Waals surface area contributed by atoms with Gasteiger partial charge in [0, 0.05) is 19.0 Å². The van der Waals surface area contributed by atoms with Crippen LogP contribution in [0.1, 0.15) is 24.8 Å². The lowest BCUT2D eigenvalue weighted by Crippen LogP contribution is -2.46. The Labute approximate surface area is 159 Å². The van der Waals surface area contributed by atoms with E-state index in [4.69, 9.17) is 0 Å². The first-order chi connectivity index (χ1) is 13.1. The molecule has 1 heterocycles. The van der Waals surface area contributed by atoms with Crippen molar-refractivity contribution in [3.8, 4) is 0 Å². The molecule has 28 heavy (non-hydrogen) atoms. The van der Waals surface area contributed by atoms with E-state index in [0.717, 1.165) is 0 Å². The van der Waals surface area contributed by atoms with Gasteiger partial charge in [0.1, 0.15) is 6.54 Å². The topological polar surface area (TPSA) is 105 Å². The van der Waals surface area contributed by atoms with Gasteiger partial charge in [-0.2, -0.15) is 13.2 Å². The number of carbonyl (C=O) groups is 2. The van der Waals surface area contributed by atoms with Crippen LogP contribution in [0.5, 0.6) is 0 Å². The van der Waals surface area contributed by atoms with E-state index in [1.165, 1.54) is 19.1 Å². The third kappa shape index (κ3) is 5.91.